The molecule has 1 aliphatic heterocycles. The lowest BCUT2D eigenvalue weighted by molar-refractivity contribution is -0.130. The van der Waals surface area contributed by atoms with E-state index in [1.165, 1.54) is 24.6 Å². The molecule has 1 saturated heterocycles. The van der Waals surface area contributed by atoms with E-state index in [2.05, 4.69) is 15.5 Å². The molecule has 1 aromatic carbocycles. The lowest BCUT2D eigenvalue weighted by atomic mass is 10.2. The van der Waals surface area contributed by atoms with Crippen LogP contribution in [0.3, 0.4) is 0 Å². The van der Waals surface area contributed by atoms with E-state index in [1.54, 1.807) is 4.68 Å². The molecule has 1 amide bonds. The summed E-state index contributed by atoms with van der Waals surface area (Å²) in [6, 6.07) is 8.01. The number of likely N-dealkylation sites (tertiary alicyclic amines) is 1. The van der Waals surface area contributed by atoms with E-state index in [9.17, 15) is 4.79 Å². The van der Waals surface area contributed by atoms with Crippen LogP contribution in [0.5, 0.6) is 0 Å². The van der Waals surface area contributed by atoms with Gasteiger partial charge >= 0.3 is 0 Å². The molecule has 0 spiro atoms. The maximum atomic E-state index is 12.7. The Labute approximate surface area is 146 Å². The molecule has 1 unspecified atom stereocenters. The Kier molecular flexibility index (Phi) is 5.50. The summed E-state index contributed by atoms with van der Waals surface area (Å²) in [5.74, 6) is 0.181. The third-order valence-electron chi connectivity index (χ3n) is 4.23. The van der Waals surface area contributed by atoms with Gasteiger partial charge in [-0.3, -0.25) is 4.79 Å². The summed E-state index contributed by atoms with van der Waals surface area (Å²) in [7, 11) is 0. The first-order valence-corrected chi connectivity index (χ1v) is 9.34. The molecule has 2 heterocycles. The summed E-state index contributed by atoms with van der Waals surface area (Å²) in [6.07, 6.45) is 4.64. The van der Waals surface area contributed by atoms with Gasteiger partial charge in [0.15, 0.2) is 0 Å². The van der Waals surface area contributed by atoms with Gasteiger partial charge in [0, 0.05) is 13.1 Å². The van der Waals surface area contributed by atoms with Crippen molar-refractivity contribution in [2.45, 2.75) is 49.9 Å². The molecular weight excluding hydrogens is 322 g/mol. The standard InChI is InChI=1S/C17H23N5OS/c1-13-8-7-9-15(12-13)22-17(18-19-20-22)24-14(2)16(23)21-10-5-3-4-6-11-21/h7-9,12,14H,3-6,10-11H2,1-2H3. The topological polar surface area (TPSA) is 63.9 Å². The lowest BCUT2D eigenvalue weighted by Crippen LogP contribution is -2.37. The number of carbonyl (C=O) groups excluding carboxylic acids is 1. The highest BCUT2D eigenvalue weighted by Crippen LogP contribution is 2.25. The van der Waals surface area contributed by atoms with Crippen molar-refractivity contribution in [3.8, 4) is 5.69 Å². The minimum Gasteiger partial charge on any atom is -0.342 e. The number of rotatable bonds is 4. The second kappa shape index (κ2) is 7.79. The summed E-state index contributed by atoms with van der Waals surface area (Å²) in [5.41, 5.74) is 2.06. The van der Waals surface area contributed by atoms with E-state index in [1.807, 2.05) is 43.0 Å². The fourth-order valence-corrected chi connectivity index (χ4v) is 3.82. The molecule has 7 heteroatoms. The van der Waals surface area contributed by atoms with Crippen LogP contribution < -0.4 is 0 Å². The molecule has 0 aliphatic carbocycles. The summed E-state index contributed by atoms with van der Waals surface area (Å²) >= 11 is 1.42. The summed E-state index contributed by atoms with van der Waals surface area (Å²) in [6.45, 7) is 5.71. The largest absolute Gasteiger partial charge is 0.342 e. The molecule has 1 fully saturated rings. The zero-order valence-corrected chi connectivity index (χ0v) is 15.0. The van der Waals surface area contributed by atoms with Crippen molar-refractivity contribution in [1.82, 2.24) is 25.1 Å². The molecule has 1 aromatic heterocycles. The van der Waals surface area contributed by atoms with Crippen LogP contribution >= 0.6 is 11.8 Å². The van der Waals surface area contributed by atoms with Crippen LogP contribution in [0.1, 0.15) is 38.2 Å². The minimum absolute atomic E-state index is 0.181. The first-order chi connectivity index (χ1) is 11.6. The number of amides is 1. The van der Waals surface area contributed by atoms with Crippen LogP contribution in [0, 0.1) is 6.92 Å². The molecule has 0 saturated carbocycles. The number of benzene rings is 1. The van der Waals surface area contributed by atoms with Crippen molar-refractivity contribution >= 4 is 17.7 Å². The highest BCUT2D eigenvalue weighted by molar-refractivity contribution is 8.00. The van der Waals surface area contributed by atoms with Gasteiger partial charge in [-0.15, -0.1) is 5.10 Å². The molecular formula is C17H23N5OS. The maximum absolute atomic E-state index is 12.7. The van der Waals surface area contributed by atoms with E-state index < -0.39 is 0 Å². The summed E-state index contributed by atoms with van der Waals surface area (Å²) in [5, 5.41) is 12.4. The molecule has 0 bridgehead atoms. The summed E-state index contributed by atoms with van der Waals surface area (Å²) < 4.78 is 1.70. The zero-order chi connectivity index (χ0) is 16.9. The van der Waals surface area contributed by atoms with Gasteiger partial charge in [-0.05, 0) is 54.8 Å². The fraction of sp³-hybridized carbons (Fsp3) is 0.529. The van der Waals surface area contributed by atoms with Crippen molar-refractivity contribution in [3.63, 3.8) is 0 Å². The Bertz CT molecular complexity index is 694. The average Bonchev–Trinajstić information content (AvgIpc) is 2.86. The van der Waals surface area contributed by atoms with Gasteiger partial charge in [0.2, 0.25) is 11.1 Å². The predicted octanol–water partition coefficient (Wildman–Crippen LogP) is 2.85. The number of aryl methyl sites for hydroxylation is 1. The molecule has 1 aliphatic rings. The van der Waals surface area contributed by atoms with Gasteiger partial charge < -0.3 is 4.90 Å². The van der Waals surface area contributed by atoms with Gasteiger partial charge in [0.05, 0.1) is 10.9 Å². The molecule has 0 radical (unpaired) electrons. The average molecular weight is 345 g/mol. The third kappa shape index (κ3) is 3.95. The second-order valence-electron chi connectivity index (χ2n) is 6.21. The highest BCUT2D eigenvalue weighted by atomic mass is 32.2. The van der Waals surface area contributed by atoms with Crippen molar-refractivity contribution in [3.05, 3.63) is 29.8 Å². The van der Waals surface area contributed by atoms with Crippen LogP contribution in [0.25, 0.3) is 5.69 Å². The van der Waals surface area contributed by atoms with E-state index in [4.69, 9.17) is 0 Å². The van der Waals surface area contributed by atoms with Crippen LogP contribution in [0.15, 0.2) is 29.4 Å². The Morgan fingerprint density at radius 2 is 1.96 bits per heavy atom. The summed E-state index contributed by atoms with van der Waals surface area (Å²) in [4.78, 5) is 14.7. The molecule has 24 heavy (non-hydrogen) atoms. The molecule has 0 N–H and O–H groups in total. The third-order valence-corrected chi connectivity index (χ3v) is 5.26. The Morgan fingerprint density at radius 3 is 2.67 bits per heavy atom. The fourth-order valence-electron chi connectivity index (χ4n) is 2.93. The Hall–Kier alpha value is -1.89. The van der Waals surface area contributed by atoms with E-state index in [0.717, 1.165) is 37.2 Å². The normalized spacial score (nSPS) is 16.7. The second-order valence-corrected chi connectivity index (χ2v) is 7.52. The van der Waals surface area contributed by atoms with Crippen molar-refractivity contribution in [1.29, 1.82) is 0 Å². The van der Waals surface area contributed by atoms with Crippen LogP contribution in [0.4, 0.5) is 0 Å². The van der Waals surface area contributed by atoms with Gasteiger partial charge in [0.1, 0.15) is 0 Å². The SMILES string of the molecule is Cc1cccc(-n2nnnc2SC(C)C(=O)N2CCCCCC2)c1. The molecule has 2 aromatic rings. The number of carbonyl (C=O) groups is 1. The number of hydrogen-bond acceptors (Lipinski definition) is 5. The molecule has 128 valence electrons. The molecule has 6 nitrogen and oxygen atoms in total. The number of aromatic nitrogens is 4. The van der Waals surface area contributed by atoms with Crippen LogP contribution in [0.2, 0.25) is 0 Å². The predicted molar refractivity (Wildman–Crippen MR) is 94.3 cm³/mol. The first kappa shape index (κ1) is 17.0. The van der Waals surface area contributed by atoms with Crippen molar-refractivity contribution in [2.75, 3.05) is 13.1 Å². The van der Waals surface area contributed by atoms with Crippen LogP contribution in [-0.2, 0) is 4.79 Å². The van der Waals surface area contributed by atoms with E-state index in [0.29, 0.717) is 5.16 Å². The number of nitrogens with zero attached hydrogens (tertiary/aromatic N) is 5. The van der Waals surface area contributed by atoms with Crippen molar-refractivity contribution in [2.24, 2.45) is 0 Å². The minimum atomic E-state index is -0.197. The Balaban J connectivity index is 1.72. The van der Waals surface area contributed by atoms with Crippen molar-refractivity contribution < 1.29 is 4.79 Å². The Morgan fingerprint density at radius 1 is 1.21 bits per heavy atom. The van der Waals surface area contributed by atoms with Gasteiger partial charge in [0.25, 0.3) is 0 Å². The van der Waals surface area contributed by atoms with Gasteiger partial charge in [-0.2, -0.15) is 4.68 Å². The monoisotopic (exact) mass is 345 g/mol. The van der Waals surface area contributed by atoms with E-state index >= 15 is 0 Å². The number of thioether (sulfide) groups is 1. The lowest BCUT2D eigenvalue weighted by Gasteiger charge is -2.23. The zero-order valence-electron chi connectivity index (χ0n) is 14.2. The van der Waals surface area contributed by atoms with Gasteiger partial charge in [-0.1, -0.05) is 36.7 Å². The first-order valence-electron chi connectivity index (χ1n) is 8.46. The number of tetrazole rings is 1. The van der Waals surface area contributed by atoms with Crippen LogP contribution in [-0.4, -0.2) is 49.4 Å². The van der Waals surface area contributed by atoms with Gasteiger partial charge in [-0.25, -0.2) is 0 Å². The molecule has 1 atom stereocenters. The smallest absolute Gasteiger partial charge is 0.235 e. The highest BCUT2D eigenvalue weighted by Gasteiger charge is 2.24. The maximum Gasteiger partial charge on any atom is 0.235 e. The van der Waals surface area contributed by atoms with E-state index in [-0.39, 0.29) is 11.2 Å². The molecule has 3 rings (SSSR count). The number of hydrogen-bond donors (Lipinski definition) is 0. The quantitative estimate of drug-likeness (QED) is 0.797.